The fourth-order valence-electron chi connectivity index (χ4n) is 2.16. The van der Waals surface area contributed by atoms with Crippen molar-refractivity contribution >= 4 is 39.3 Å². The standard InChI is InChI=1S/C14H16BrN3O3/c1-8(13(16)20)17-14(21)9-6-12(19)18(7-9)11-4-2-10(15)3-5-11/h2-5,8-9H,6-7H2,1H3,(H2,16,20)(H,17,21). The summed E-state index contributed by atoms with van der Waals surface area (Å²) in [5.41, 5.74) is 5.86. The zero-order valence-electron chi connectivity index (χ0n) is 11.5. The Morgan fingerprint density at radius 3 is 2.57 bits per heavy atom. The molecule has 3 amide bonds. The van der Waals surface area contributed by atoms with Crippen molar-refractivity contribution < 1.29 is 14.4 Å². The number of carbonyl (C=O) groups excluding carboxylic acids is 3. The van der Waals surface area contributed by atoms with Crippen molar-refractivity contribution in [2.75, 3.05) is 11.4 Å². The van der Waals surface area contributed by atoms with Gasteiger partial charge in [-0.1, -0.05) is 15.9 Å². The summed E-state index contributed by atoms with van der Waals surface area (Å²) in [4.78, 5) is 36.6. The minimum atomic E-state index is -0.741. The Kier molecular flexibility index (Phi) is 4.62. The van der Waals surface area contributed by atoms with Gasteiger partial charge in [0.15, 0.2) is 0 Å². The van der Waals surface area contributed by atoms with Crippen LogP contribution in [0.4, 0.5) is 5.69 Å². The monoisotopic (exact) mass is 353 g/mol. The molecule has 2 rings (SSSR count). The molecule has 1 saturated heterocycles. The summed E-state index contributed by atoms with van der Waals surface area (Å²) in [6.45, 7) is 1.82. The molecule has 21 heavy (non-hydrogen) atoms. The van der Waals surface area contributed by atoms with Gasteiger partial charge in [0.1, 0.15) is 6.04 Å². The van der Waals surface area contributed by atoms with Gasteiger partial charge in [0.25, 0.3) is 0 Å². The van der Waals surface area contributed by atoms with E-state index < -0.39 is 17.9 Å². The van der Waals surface area contributed by atoms with Crippen molar-refractivity contribution in [2.45, 2.75) is 19.4 Å². The van der Waals surface area contributed by atoms with Crippen LogP contribution in [-0.2, 0) is 14.4 Å². The van der Waals surface area contributed by atoms with Crippen molar-refractivity contribution in [3.8, 4) is 0 Å². The van der Waals surface area contributed by atoms with Gasteiger partial charge in [-0.25, -0.2) is 0 Å². The topological polar surface area (TPSA) is 92.5 Å². The van der Waals surface area contributed by atoms with Crippen molar-refractivity contribution in [2.24, 2.45) is 11.7 Å². The van der Waals surface area contributed by atoms with Crippen molar-refractivity contribution in [3.05, 3.63) is 28.7 Å². The molecule has 0 spiro atoms. The molecule has 0 aliphatic carbocycles. The summed E-state index contributed by atoms with van der Waals surface area (Å²) in [5.74, 6) is -1.50. The summed E-state index contributed by atoms with van der Waals surface area (Å²) < 4.78 is 0.919. The molecule has 6 nitrogen and oxygen atoms in total. The van der Waals surface area contributed by atoms with Gasteiger partial charge in [-0.2, -0.15) is 0 Å². The third kappa shape index (κ3) is 3.60. The molecule has 112 valence electrons. The van der Waals surface area contributed by atoms with E-state index in [1.807, 2.05) is 24.3 Å². The van der Waals surface area contributed by atoms with Crippen LogP contribution in [0.2, 0.25) is 0 Å². The molecule has 2 unspecified atom stereocenters. The van der Waals surface area contributed by atoms with E-state index in [9.17, 15) is 14.4 Å². The van der Waals surface area contributed by atoms with Gasteiger partial charge < -0.3 is 16.0 Å². The van der Waals surface area contributed by atoms with Gasteiger partial charge >= 0.3 is 0 Å². The van der Waals surface area contributed by atoms with Gasteiger partial charge in [0.05, 0.1) is 5.92 Å². The molecule has 1 fully saturated rings. The SMILES string of the molecule is CC(NC(=O)C1CC(=O)N(c2ccc(Br)cc2)C1)C(N)=O. The fourth-order valence-corrected chi connectivity index (χ4v) is 2.42. The summed E-state index contributed by atoms with van der Waals surface area (Å²) >= 11 is 3.33. The van der Waals surface area contributed by atoms with Crippen molar-refractivity contribution in [3.63, 3.8) is 0 Å². The predicted molar refractivity (Wildman–Crippen MR) is 81.4 cm³/mol. The first-order chi connectivity index (χ1) is 9.88. The molecule has 1 aromatic carbocycles. The Hall–Kier alpha value is -1.89. The quantitative estimate of drug-likeness (QED) is 0.837. The second-order valence-corrected chi connectivity index (χ2v) is 5.93. The summed E-state index contributed by atoms with van der Waals surface area (Å²) in [6, 6.07) is 6.56. The van der Waals surface area contributed by atoms with Crippen molar-refractivity contribution in [1.29, 1.82) is 0 Å². The number of amides is 3. The number of anilines is 1. The van der Waals surface area contributed by atoms with Crippen LogP contribution < -0.4 is 16.0 Å². The van der Waals surface area contributed by atoms with Gasteiger partial charge in [0.2, 0.25) is 17.7 Å². The van der Waals surface area contributed by atoms with E-state index in [-0.39, 0.29) is 18.2 Å². The molecular weight excluding hydrogens is 338 g/mol. The normalized spacial score (nSPS) is 19.4. The predicted octanol–water partition coefficient (Wildman–Crippen LogP) is 0.792. The zero-order valence-corrected chi connectivity index (χ0v) is 13.1. The van der Waals surface area contributed by atoms with E-state index in [2.05, 4.69) is 21.2 Å². The maximum absolute atomic E-state index is 12.0. The molecule has 0 bridgehead atoms. The van der Waals surface area contributed by atoms with Crippen LogP contribution in [0.25, 0.3) is 0 Å². The Morgan fingerprint density at radius 1 is 1.38 bits per heavy atom. The number of nitrogens with zero attached hydrogens (tertiary/aromatic N) is 1. The molecular formula is C14H16BrN3O3. The summed E-state index contributed by atoms with van der Waals surface area (Å²) in [6.07, 6.45) is 0.132. The van der Waals surface area contributed by atoms with E-state index in [4.69, 9.17) is 5.73 Å². The number of nitrogens with two attached hydrogens (primary N) is 1. The largest absolute Gasteiger partial charge is 0.368 e. The first-order valence-corrected chi connectivity index (χ1v) is 7.33. The summed E-state index contributed by atoms with van der Waals surface area (Å²) in [5, 5.41) is 2.52. The molecule has 0 aromatic heterocycles. The third-order valence-electron chi connectivity index (χ3n) is 3.42. The van der Waals surface area contributed by atoms with Crippen LogP contribution in [0.5, 0.6) is 0 Å². The van der Waals surface area contributed by atoms with Crippen LogP contribution in [0.15, 0.2) is 28.7 Å². The Balaban J connectivity index is 2.04. The number of halogens is 1. The Labute approximate surface area is 130 Å². The maximum Gasteiger partial charge on any atom is 0.239 e. The minimum absolute atomic E-state index is 0.107. The van der Waals surface area contributed by atoms with Gasteiger partial charge in [-0.3, -0.25) is 14.4 Å². The molecule has 3 N–H and O–H groups in total. The number of rotatable bonds is 4. The molecule has 2 atom stereocenters. The van der Waals surface area contributed by atoms with E-state index in [1.165, 1.54) is 6.92 Å². The maximum atomic E-state index is 12.0. The van der Waals surface area contributed by atoms with E-state index in [0.717, 1.165) is 10.2 Å². The van der Waals surface area contributed by atoms with Gasteiger partial charge in [0, 0.05) is 23.1 Å². The molecule has 7 heteroatoms. The van der Waals surface area contributed by atoms with Gasteiger partial charge in [-0.05, 0) is 31.2 Å². The first kappa shape index (κ1) is 15.5. The number of benzene rings is 1. The number of nitrogens with one attached hydrogen (secondary N) is 1. The molecule has 1 aliphatic rings. The lowest BCUT2D eigenvalue weighted by Crippen LogP contribution is -2.45. The second kappa shape index (κ2) is 6.26. The van der Waals surface area contributed by atoms with E-state index >= 15 is 0 Å². The Morgan fingerprint density at radius 2 is 2.00 bits per heavy atom. The van der Waals surface area contributed by atoms with Gasteiger partial charge in [-0.15, -0.1) is 0 Å². The average Bonchev–Trinajstić information content (AvgIpc) is 2.81. The third-order valence-corrected chi connectivity index (χ3v) is 3.95. The van der Waals surface area contributed by atoms with Crippen LogP contribution in [0, 0.1) is 5.92 Å². The van der Waals surface area contributed by atoms with Crippen LogP contribution in [0.3, 0.4) is 0 Å². The fraction of sp³-hybridized carbons (Fsp3) is 0.357. The first-order valence-electron chi connectivity index (χ1n) is 6.54. The average molecular weight is 354 g/mol. The molecule has 1 aromatic rings. The van der Waals surface area contributed by atoms with Crippen LogP contribution in [0.1, 0.15) is 13.3 Å². The number of primary amides is 1. The lowest BCUT2D eigenvalue weighted by Gasteiger charge is -2.17. The molecule has 1 heterocycles. The molecule has 0 saturated carbocycles. The Bertz CT molecular complexity index is 573. The summed E-state index contributed by atoms with van der Waals surface area (Å²) in [7, 11) is 0. The smallest absolute Gasteiger partial charge is 0.239 e. The highest BCUT2D eigenvalue weighted by atomic mass is 79.9. The highest BCUT2D eigenvalue weighted by Crippen LogP contribution is 2.26. The lowest BCUT2D eigenvalue weighted by atomic mass is 10.1. The van der Waals surface area contributed by atoms with Crippen LogP contribution in [-0.4, -0.2) is 30.3 Å². The molecule has 0 radical (unpaired) electrons. The van der Waals surface area contributed by atoms with E-state index in [0.29, 0.717) is 6.54 Å². The minimum Gasteiger partial charge on any atom is -0.368 e. The number of hydrogen-bond donors (Lipinski definition) is 2. The highest BCUT2D eigenvalue weighted by molar-refractivity contribution is 9.10. The van der Waals surface area contributed by atoms with Crippen LogP contribution >= 0.6 is 15.9 Å². The second-order valence-electron chi connectivity index (χ2n) is 5.01. The van der Waals surface area contributed by atoms with Crippen molar-refractivity contribution in [1.82, 2.24) is 5.32 Å². The number of carbonyl (C=O) groups is 3. The zero-order chi connectivity index (χ0) is 15.6. The van der Waals surface area contributed by atoms with E-state index in [1.54, 1.807) is 4.90 Å². The lowest BCUT2D eigenvalue weighted by molar-refractivity contribution is -0.129. The number of hydrogen-bond acceptors (Lipinski definition) is 3. The molecule has 1 aliphatic heterocycles. The highest BCUT2D eigenvalue weighted by Gasteiger charge is 2.35.